The molecule has 0 aliphatic rings. The lowest BCUT2D eigenvalue weighted by atomic mass is 9.99. The monoisotopic (exact) mass is 932 g/mol. The second-order valence-corrected chi connectivity index (χ2v) is 18.9. The van der Waals surface area contributed by atoms with Gasteiger partial charge in [0.1, 0.15) is 16.9 Å². The number of rotatable bonds is 6. The lowest BCUT2D eigenvalue weighted by molar-refractivity contribution is 0.620. The third kappa shape index (κ3) is 5.64. The molecule has 7 heteroatoms. The van der Waals surface area contributed by atoms with Crippen molar-refractivity contribution in [3.8, 4) is 45.6 Å². The van der Waals surface area contributed by atoms with Gasteiger partial charge in [0, 0.05) is 54.2 Å². The molecular weight excluding hydrogens is 893 g/mol. The normalized spacial score (nSPS) is 12.1. The van der Waals surface area contributed by atoms with E-state index in [4.69, 9.17) is 14.4 Å². The summed E-state index contributed by atoms with van der Waals surface area (Å²) in [6.45, 7) is 0. The molecule has 0 N–H and O–H groups in total. The van der Waals surface area contributed by atoms with Gasteiger partial charge in [-0.05, 0) is 78.4 Å². The van der Waals surface area contributed by atoms with Crippen molar-refractivity contribution < 1.29 is 4.42 Å². The van der Waals surface area contributed by atoms with E-state index in [9.17, 15) is 0 Å². The minimum absolute atomic E-state index is 0.574. The van der Waals surface area contributed by atoms with E-state index in [1.165, 1.54) is 0 Å². The predicted molar refractivity (Wildman–Crippen MR) is 300 cm³/mol. The SMILES string of the molecule is c1ccc2oc(-c3ccc(-c4c(-n5c6ccccc6c6ccccc65)c(-n5c6ccccc6c6ccccc65)nc(-n5c6ccccc6c6ccccc65)c4-n4c5ccccc5c5ccccc54)cc3)nc2c1. The number of pyridine rings is 1. The fourth-order valence-corrected chi connectivity index (χ4v) is 12.0. The van der Waals surface area contributed by atoms with Gasteiger partial charge in [0.15, 0.2) is 17.2 Å². The summed E-state index contributed by atoms with van der Waals surface area (Å²) in [4.78, 5) is 11.3. The molecule has 16 rings (SSSR count). The summed E-state index contributed by atoms with van der Waals surface area (Å²) in [5.74, 6) is 2.16. The van der Waals surface area contributed by atoms with Crippen molar-refractivity contribution in [2.45, 2.75) is 0 Å². The largest absolute Gasteiger partial charge is 0.436 e. The number of hydrogen-bond donors (Lipinski definition) is 0. The van der Waals surface area contributed by atoms with Gasteiger partial charge >= 0.3 is 0 Å². The molecule has 6 aromatic heterocycles. The standard InChI is InChI=1S/C66H40N6O/c1-10-28-52-43(19-1)44-20-2-11-29-53(44)69(52)62-61(41-37-39-42(40-38-41)66-67-51-27-9-18-36-60(51)73-66)63(70-54-30-12-3-21-45(54)46-22-4-13-31-55(46)70)65(72-58-34-16-7-25-49(58)50-26-8-17-35-59(50)72)68-64(62)71-56-32-14-5-23-47(56)48-24-6-15-33-57(48)71/h1-40H. The first-order chi connectivity index (χ1) is 36.3. The van der Waals surface area contributed by atoms with Crippen molar-refractivity contribution in [2.75, 3.05) is 0 Å². The van der Waals surface area contributed by atoms with Crippen LogP contribution >= 0.6 is 0 Å². The molecule has 0 aliphatic carbocycles. The topological polar surface area (TPSA) is 58.6 Å². The van der Waals surface area contributed by atoms with Crippen LogP contribution in [0.4, 0.5) is 0 Å². The highest BCUT2D eigenvalue weighted by Crippen LogP contribution is 2.49. The van der Waals surface area contributed by atoms with E-state index in [2.05, 4.69) is 237 Å². The van der Waals surface area contributed by atoms with E-state index in [1.54, 1.807) is 0 Å². The zero-order valence-electron chi connectivity index (χ0n) is 39.2. The smallest absolute Gasteiger partial charge is 0.227 e. The summed E-state index contributed by atoms with van der Waals surface area (Å²) in [7, 11) is 0. The zero-order chi connectivity index (χ0) is 47.7. The molecular formula is C66H40N6O. The van der Waals surface area contributed by atoms with Gasteiger partial charge in [0.05, 0.1) is 44.1 Å². The first-order valence-corrected chi connectivity index (χ1v) is 24.8. The maximum atomic E-state index is 6.42. The van der Waals surface area contributed by atoms with Crippen LogP contribution in [0.5, 0.6) is 0 Å². The fourth-order valence-electron chi connectivity index (χ4n) is 12.0. The molecule has 0 amide bonds. The van der Waals surface area contributed by atoms with Crippen LogP contribution in [0.25, 0.3) is 144 Å². The van der Waals surface area contributed by atoms with Gasteiger partial charge in [-0.25, -0.2) is 9.97 Å². The van der Waals surface area contributed by atoms with Crippen LogP contribution in [-0.2, 0) is 0 Å². The number of para-hydroxylation sites is 10. The van der Waals surface area contributed by atoms with Gasteiger partial charge in [-0.1, -0.05) is 170 Å². The Morgan fingerprint density at radius 3 is 0.890 bits per heavy atom. The van der Waals surface area contributed by atoms with Crippen LogP contribution in [0.3, 0.4) is 0 Å². The van der Waals surface area contributed by atoms with Crippen LogP contribution in [0, 0.1) is 0 Å². The van der Waals surface area contributed by atoms with E-state index in [-0.39, 0.29) is 0 Å². The molecule has 0 aliphatic heterocycles. The molecule has 0 bridgehead atoms. The molecule has 6 heterocycles. The Morgan fingerprint density at radius 1 is 0.260 bits per heavy atom. The summed E-state index contributed by atoms with van der Waals surface area (Å²) < 4.78 is 16.2. The molecule has 0 spiro atoms. The van der Waals surface area contributed by atoms with Gasteiger partial charge in [0.2, 0.25) is 5.89 Å². The Morgan fingerprint density at radius 2 is 0.548 bits per heavy atom. The molecule has 7 nitrogen and oxygen atoms in total. The highest BCUT2D eigenvalue weighted by Gasteiger charge is 2.32. The fraction of sp³-hybridized carbons (Fsp3) is 0. The van der Waals surface area contributed by atoms with Crippen LogP contribution in [0.15, 0.2) is 247 Å². The predicted octanol–water partition coefficient (Wildman–Crippen LogP) is 16.9. The average Bonchev–Trinajstić information content (AvgIpc) is 4.30. The summed E-state index contributed by atoms with van der Waals surface area (Å²) in [6, 6.07) is 87.0. The molecule has 0 radical (unpaired) electrons. The van der Waals surface area contributed by atoms with E-state index in [0.717, 1.165) is 138 Å². The van der Waals surface area contributed by atoms with Crippen LogP contribution < -0.4 is 0 Å². The molecule has 0 atom stereocenters. The molecule has 0 unspecified atom stereocenters. The number of oxazole rings is 1. The highest BCUT2D eigenvalue weighted by molar-refractivity contribution is 6.15. The van der Waals surface area contributed by atoms with Crippen LogP contribution in [0.1, 0.15) is 0 Å². The highest BCUT2D eigenvalue weighted by atomic mass is 16.3. The zero-order valence-corrected chi connectivity index (χ0v) is 39.2. The number of benzene rings is 10. The Hall–Kier alpha value is -9.98. The first-order valence-electron chi connectivity index (χ1n) is 24.8. The van der Waals surface area contributed by atoms with Gasteiger partial charge in [0.25, 0.3) is 0 Å². The third-order valence-corrected chi connectivity index (χ3v) is 15.0. The molecule has 340 valence electrons. The maximum absolute atomic E-state index is 6.42. The molecule has 16 aromatic rings. The minimum atomic E-state index is 0.574. The van der Waals surface area contributed by atoms with Gasteiger partial charge in [-0.3, -0.25) is 9.13 Å². The van der Waals surface area contributed by atoms with Crippen molar-refractivity contribution in [3.63, 3.8) is 0 Å². The van der Waals surface area contributed by atoms with Crippen molar-refractivity contribution in [1.29, 1.82) is 0 Å². The lowest BCUT2D eigenvalue weighted by Crippen LogP contribution is -2.16. The maximum Gasteiger partial charge on any atom is 0.227 e. The Balaban J connectivity index is 1.19. The second-order valence-electron chi connectivity index (χ2n) is 18.9. The Labute approximate surface area is 417 Å². The number of hydrogen-bond acceptors (Lipinski definition) is 3. The molecule has 0 fully saturated rings. The van der Waals surface area contributed by atoms with E-state index < -0.39 is 0 Å². The first kappa shape index (κ1) is 39.8. The van der Waals surface area contributed by atoms with Crippen molar-refractivity contribution in [1.82, 2.24) is 28.2 Å². The molecule has 73 heavy (non-hydrogen) atoms. The quantitative estimate of drug-likeness (QED) is 0.167. The van der Waals surface area contributed by atoms with Gasteiger partial charge in [-0.15, -0.1) is 0 Å². The summed E-state index contributed by atoms with van der Waals surface area (Å²) >= 11 is 0. The number of nitrogens with zero attached hydrogens (tertiary/aromatic N) is 6. The van der Waals surface area contributed by atoms with Gasteiger partial charge < -0.3 is 13.6 Å². The van der Waals surface area contributed by atoms with Crippen molar-refractivity contribution >= 4 is 98.3 Å². The minimum Gasteiger partial charge on any atom is -0.436 e. The Kier molecular flexibility index (Phi) is 8.32. The average molecular weight is 933 g/mol. The second kappa shape index (κ2) is 15.3. The third-order valence-electron chi connectivity index (χ3n) is 15.0. The summed E-state index contributed by atoms with van der Waals surface area (Å²) in [5.41, 5.74) is 14.9. The van der Waals surface area contributed by atoms with E-state index in [0.29, 0.717) is 5.89 Å². The van der Waals surface area contributed by atoms with Gasteiger partial charge in [-0.2, -0.15) is 0 Å². The van der Waals surface area contributed by atoms with Crippen molar-refractivity contribution in [2.24, 2.45) is 0 Å². The molecule has 10 aromatic carbocycles. The van der Waals surface area contributed by atoms with Crippen molar-refractivity contribution in [3.05, 3.63) is 243 Å². The van der Waals surface area contributed by atoms with Crippen LogP contribution in [-0.4, -0.2) is 28.2 Å². The summed E-state index contributed by atoms with van der Waals surface area (Å²) in [6.07, 6.45) is 0. The molecule has 0 saturated carbocycles. The van der Waals surface area contributed by atoms with E-state index >= 15 is 0 Å². The lowest BCUT2D eigenvalue weighted by Gasteiger charge is -2.27. The summed E-state index contributed by atoms with van der Waals surface area (Å²) in [5, 5.41) is 9.26. The van der Waals surface area contributed by atoms with Crippen LogP contribution in [0.2, 0.25) is 0 Å². The Bertz CT molecular complexity index is 4430. The van der Waals surface area contributed by atoms with E-state index in [1.807, 2.05) is 24.3 Å². The number of fused-ring (bicyclic) bond motifs is 13. The number of aromatic nitrogens is 6. The molecule has 0 saturated heterocycles.